The van der Waals surface area contributed by atoms with Crippen molar-refractivity contribution in [2.24, 2.45) is 0 Å². The molecule has 0 spiro atoms. The van der Waals surface area contributed by atoms with Gasteiger partial charge in [-0.05, 0) is 38.5 Å². The van der Waals surface area contributed by atoms with Crippen LogP contribution < -0.4 is 10.2 Å². The number of esters is 1. The van der Waals surface area contributed by atoms with E-state index in [0.717, 1.165) is 5.56 Å². The number of para-hydroxylation sites is 1. The first kappa shape index (κ1) is 22.9. The molecule has 7 heteroatoms. The SMILES string of the molecule is CC(C)(C)OC(=O)NCCC(=O)OCC(=O)N(Cc1ccccc1)c1ccccc1. The third-order valence-corrected chi connectivity index (χ3v) is 3.91. The number of ether oxygens (including phenoxy) is 2. The zero-order valence-corrected chi connectivity index (χ0v) is 17.6. The number of benzene rings is 2. The van der Waals surface area contributed by atoms with Crippen molar-refractivity contribution < 1.29 is 23.9 Å². The van der Waals surface area contributed by atoms with Crippen molar-refractivity contribution in [2.45, 2.75) is 39.3 Å². The van der Waals surface area contributed by atoms with Gasteiger partial charge in [-0.2, -0.15) is 0 Å². The Kier molecular flexibility index (Phi) is 8.41. The van der Waals surface area contributed by atoms with E-state index in [1.54, 1.807) is 25.7 Å². The van der Waals surface area contributed by atoms with Crippen LogP contribution in [0.1, 0.15) is 32.8 Å². The summed E-state index contributed by atoms with van der Waals surface area (Å²) in [5, 5.41) is 2.48. The van der Waals surface area contributed by atoms with Gasteiger partial charge in [0, 0.05) is 12.2 Å². The number of carbonyl (C=O) groups is 3. The number of nitrogens with one attached hydrogen (secondary N) is 1. The summed E-state index contributed by atoms with van der Waals surface area (Å²) >= 11 is 0. The highest BCUT2D eigenvalue weighted by Crippen LogP contribution is 2.17. The van der Waals surface area contributed by atoms with Crippen LogP contribution in [-0.2, 0) is 25.6 Å². The van der Waals surface area contributed by atoms with Crippen LogP contribution in [0.25, 0.3) is 0 Å². The monoisotopic (exact) mass is 412 g/mol. The van der Waals surface area contributed by atoms with E-state index >= 15 is 0 Å². The van der Waals surface area contributed by atoms with Gasteiger partial charge >= 0.3 is 12.1 Å². The second kappa shape index (κ2) is 11.0. The Morgan fingerprint density at radius 3 is 2.13 bits per heavy atom. The average Bonchev–Trinajstić information content (AvgIpc) is 2.70. The highest BCUT2D eigenvalue weighted by molar-refractivity contribution is 5.95. The Labute approximate surface area is 177 Å². The standard InChI is InChI=1S/C23H28N2O5/c1-23(2,3)30-22(28)24-15-14-21(27)29-17-20(26)25(19-12-8-5-9-13-19)16-18-10-6-4-7-11-18/h4-13H,14-17H2,1-3H3,(H,24,28). The summed E-state index contributed by atoms with van der Waals surface area (Å²) in [4.78, 5) is 37.8. The number of carbonyl (C=O) groups excluding carboxylic acids is 3. The van der Waals surface area contributed by atoms with E-state index in [9.17, 15) is 14.4 Å². The largest absolute Gasteiger partial charge is 0.455 e. The Balaban J connectivity index is 1.86. The summed E-state index contributed by atoms with van der Waals surface area (Å²) in [6.45, 7) is 5.30. The predicted octanol–water partition coefficient (Wildman–Crippen LogP) is 3.68. The van der Waals surface area contributed by atoms with Gasteiger partial charge in [0.1, 0.15) is 5.60 Å². The van der Waals surface area contributed by atoms with E-state index in [4.69, 9.17) is 9.47 Å². The van der Waals surface area contributed by atoms with Crippen molar-refractivity contribution in [2.75, 3.05) is 18.1 Å². The normalized spacial score (nSPS) is 10.8. The van der Waals surface area contributed by atoms with E-state index in [1.165, 1.54) is 0 Å². The zero-order valence-electron chi connectivity index (χ0n) is 17.6. The van der Waals surface area contributed by atoms with Crippen LogP contribution >= 0.6 is 0 Å². The second-order valence-electron chi connectivity index (χ2n) is 7.64. The van der Waals surface area contributed by atoms with Crippen molar-refractivity contribution >= 4 is 23.7 Å². The molecule has 2 aromatic carbocycles. The van der Waals surface area contributed by atoms with Gasteiger partial charge in [-0.25, -0.2) is 4.79 Å². The minimum absolute atomic E-state index is 0.0590. The molecule has 0 aliphatic rings. The lowest BCUT2D eigenvalue weighted by molar-refractivity contribution is -0.147. The van der Waals surface area contributed by atoms with Gasteiger partial charge in [0.15, 0.2) is 6.61 Å². The van der Waals surface area contributed by atoms with Gasteiger partial charge in [-0.3, -0.25) is 9.59 Å². The fourth-order valence-electron chi connectivity index (χ4n) is 2.57. The van der Waals surface area contributed by atoms with Crippen LogP contribution in [0.15, 0.2) is 60.7 Å². The molecule has 160 valence electrons. The summed E-state index contributed by atoms with van der Waals surface area (Å²) in [6, 6.07) is 18.8. The minimum Gasteiger partial charge on any atom is -0.455 e. The molecule has 2 amide bonds. The van der Waals surface area contributed by atoms with Crippen LogP contribution in [0.5, 0.6) is 0 Å². The van der Waals surface area contributed by atoms with Crippen LogP contribution in [0.2, 0.25) is 0 Å². The van der Waals surface area contributed by atoms with E-state index in [2.05, 4.69) is 5.32 Å². The molecule has 0 bridgehead atoms. The number of amides is 2. The number of anilines is 1. The fourth-order valence-corrected chi connectivity index (χ4v) is 2.57. The molecule has 0 atom stereocenters. The summed E-state index contributed by atoms with van der Waals surface area (Å²) in [6.07, 6.45) is -0.666. The molecule has 0 heterocycles. The number of hydrogen-bond acceptors (Lipinski definition) is 5. The number of nitrogens with zero attached hydrogens (tertiary/aromatic N) is 1. The molecule has 0 aliphatic heterocycles. The molecule has 0 fully saturated rings. The maximum absolute atomic E-state index is 12.8. The molecule has 1 N–H and O–H groups in total. The van der Waals surface area contributed by atoms with Gasteiger partial charge in [0.05, 0.1) is 13.0 Å². The quantitative estimate of drug-likeness (QED) is 0.669. The minimum atomic E-state index is -0.614. The predicted molar refractivity (Wildman–Crippen MR) is 114 cm³/mol. The van der Waals surface area contributed by atoms with Gasteiger partial charge in [0.25, 0.3) is 5.91 Å². The molecule has 0 unspecified atom stereocenters. The smallest absolute Gasteiger partial charge is 0.407 e. The highest BCUT2D eigenvalue weighted by atomic mass is 16.6. The third kappa shape index (κ3) is 8.34. The van der Waals surface area contributed by atoms with Gasteiger partial charge in [-0.15, -0.1) is 0 Å². The van der Waals surface area contributed by atoms with Crippen molar-refractivity contribution in [3.63, 3.8) is 0 Å². The maximum Gasteiger partial charge on any atom is 0.407 e. The van der Waals surface area contributed by atoms with E-state index in [1.807, 2.05) is 60.7 Å². The lowest BCUT2D eigenvalue weighted by Gasteiger charge is -2.23. The Bertz CT molecular complexity index is 832. The highest BCUT2D eigenvalue weighted by Gasteiger charge is 2.19. The molecule has 30 heavy (non-hydrogen) atoms. The van der Waals surface area contributed by atoms with Crippen LogP contribution in [-0.4, -0.2) is 36.7 Å². The molecule has 0 aliphatic carbocycles. The molecule has 7 nitrogen and oxygen atoms in total. The maximum atomic E-state index is 12.8. The molecule has 0 radical (unpaired) electrons. The molecule has 0 aromatic heterocycles. The van der Waals surface area contributed by atoms with Crippen molar-refractivity contribution in [1.29, 1.82) is 0 Å². The number of alkyl carbamates (subject to hydrolysis) is 1. The van der Waals surface area contributed by atoms with E-state index < -0.39 is 17.7 Å². The topological polar surface area (TPSA) is 84.9 Å². The Morgan fingerprint density at radius 2 is 1.53 bits per heavy atom. The molecular weight excluding hydrogens is 384 g/mol. The first-order chi connectivity index (χ1) is 14.2. The van der Waals surface area contributed by atoms with Crippen molar-refractivity contribution in [3.8, 4) is 0 Å². The van der Waals surface area contributed by atoms with E-state index in [0.29, 0.717) is 12.2 Å². The third-order valence-electron chi connectivity index (χ3n) is 3.91. The van der Waals surface area contributed by atoms with Gasteiger partial charge < -0.3 is 19.7 Å². The van der Waals surface area contributed by atoms with Crippen LogP contribution in [0.3, 0.4) is 0 Å². The lowest BCUT2D eigenvalue weighted by atomic mass is 10.2. The summed E-state index contributed by atoms with van der Waals surface area (Å²) in [5.74, 6) is -0.911. The van der Waals surface area contributed by atoms with Crippen LogP contribution in [0, 0.1) is 0 Å². The van der Waals surface area contributed by atoms with Crippen LogP contribution in [0.4, 0.5) is 10.5 Å². The fraction of sp³-hybridized carbons (Fsp3) is 0.348. The first-order valence-corrected chi connectivity index (χ1v) is 9.76. The first-order valence-electron chi connectivity index (χ1n) is 9.76. The Morgan fingerprint density at radius 1 is 0.933 bits per heavy atom. The summed E-state index contributed by atoms with van der Waals surface area (Å²) < 4.78 is 10.2. The molecule has 2 rings (SSSR count). The average molecular weight is 412 g/mol. The van der Waals surface area contributed by atoms with Crippen molar-refractivity contribution in [3.05, 3.63) is 66.2 Å². The Hall–Kier alpha value is -3.35. The molecule has 0 saturated carbocycles. The zero-order chi connectivity index (χ0) is 22.0. The molecule has 2 aromatic rings. The number of hydrogen-bond donors (Lipinski definition) is 1. The van der Waals surface area contributed by atoms with Gasteiger partial charge in [0.2, 0.25) is 0 Å². The summed E-state index contributed by atoms with van der Waals surface area (Å²) in [7, 11) is 0. The number of rotatable bonds is 8. The van der Waals surface area contributed by atoms with Gasteiger partial charge in [-0.1, -0.05) is 48.5 Å². The van der Waals surface area contributed by atoms with Crippen molar-refractivity contribution in [1.82, 2.24) is 5.32 Å². The summed E-state index contributed by atoms with van der Waals surface area (Å²) in [5.41, 5.74) is 1.06. The lowest BCUT2D eigenvalue weighted by Crippen LogP contribution is -2.35. The molecule has 0 saturated heterocycles. The molecular formula is C23H28N2O5. The van der Waals surface area contributed by atoms with E-state index in [-0.39, 0.29) is 25.5 Å². The second-order valence-corrected chi connectivity index (χ2v) is 7.64.